The van der Waals surface area contributed by atoms with Gasteiger partial charge in [0.25, 0.3) is 5.91 Å². The van der Waals surface area contributed by atoms with Crippen LogP contribution in [0.2, 0.25) is 0 Å². The van der Waals surface area contributed by atoms with Crippen LogP contribution in [-0.4, -0.2) is 43.3 Å². The third kappa shape index (κ3) is 7.31. The molecule has 0 saturated carbocycles. The van der Waals surface area contributed by atoms with Crippen molar-refractivity contribution in [1.29, 1.82) is 0 Å². The van der Waals surface area contributed by atoms with E-state index in [1.165, 1.54) is 5.56 Å². The molecule has 0 spiro atoms. The summed E-state index contributed by atoms with van der Waals surface area (Å²) in [6, 6.07) is 7.60. The molecule has 2 N–H and O–H groups in total. The molecule has 1 aromatic rings. The van der Waals surface area contributed by atoms with Crippen LogP contribution in [0.1, 0.15) is 25.3 Å². The molecule has 0 aliphatic rings. The van der Waals surface area contributed by atoms with Crippen LogP contribution in [0.4, 0.5) is 0 Å². The minimum Gasteiger partial charge on any atom is -0.484 e. The van der Waals surface area contributed by atoms with Gasteiger partial charge in [-0.05, 0) is 23.6 Å². The largest absolute Gasteiger partial charge is 0.484 e. The van der Waals surface area contributed by atoms with Gasteiger partial charge in [-0.15, -0.1) is 0 Å². The van der Waals surface area contributed by atoms with Crippen molar-refractivity contribution in [2.75, 3.05) is 26.4 Å². The molecule has 6 heteroatoms. The second kappa shape index (κ2) is 8.97. The topological polar surface area (TPSA) is 84.9 Å². The van der Waals surface area contributed by atoms with E-state index < -0.39 is 5.97 Å². The number of ether oxygens (including phenoxy) is 2. The SMILES string of the molecule is CC(C)c1ccc(OCC(=O)NCCOCC(=O)O)cc1. The first-order valence-electron chi connectivity index (χ1n) is 6.78. The molecule has 0 saturated heterocycles. The van der Waals surface area contributed by atoms with Gasteiger partial charge < -0.3 is 19.9 Å². The summed E-state index contributed by atoms with van der Waals surface area (Å²) < 4.78 is 10.1. The van der Waals surface area contributed by atoms with Crippen LogP contribution in [0.25, 0.3) is 0 Å². The average Bonchev–Trinajstić information content (AvgIpc) is 2.44. The Morgan fingerprint density at radius 3 is 2.43 bits per heavy atom. The van der Waals surface area contributed by atoms with Crippen molar-refractivity contribution in [2.24, 2.45) is 0 Å². The van der Waals surface area contributed by atoms with Gasteiger partial charge >= 0.3 is 5.97 Å². The average molecular weight is 295 g/mol. The fraction of sp³-hybridized carbons (Fsp3) is 0.467. The van der Waals surface area contributed by atoms with Crippen LogP contribution in [0.3, 0.4) is 0 Å². The van der Waals surface area contributed by atoms with Gasteiger partial charge in [0.2, 0.25) is 0 Å². The molecule has 1 amide bonds. The first-order valence-corrected chi connectivity index (χ1v) is 6.78. The normalized spacial score (nSPS) is 10.4. The number of rotatable bonds is 9. The summed E-state index contributed by atoms with van der Waals surface area (Å²) in [7, 11) is 0. The molecule has 1 rings (SSSR count). The zero-order chi connectivity index (χ0) is 15.7. The smallest absolute Gasteiger partial charge is 0.329 e. The number of aliphatic carboxylic acids is 1. The lowest BCUT2D eigenvalue weighted by atomic mass is 10.0. The summed E-state index contributed by atoms with van der Waals surface area (Å²) in [5, 5.41) is 10.9. The van der Waals surface area contributed by atoms with E-state index in [-0.39, 0.29) is 32.3 Å². The van der Waals surface area contributed by atoms with E-state index >= 15 is 0 Å². The Labute approximate surface area is 124 Å². The van der Waals surface area contributed by atoms with Gasteiger partial charge in [0.05, 0.1) is 6.61 Å². The molecular weight excluding hydrogens is 274 g/mol. The first-order chi connectivity index (χ1) is 9.99. The Kier molecular flexibility index (Phi) is 7.25. The fourth-order valence-electron chi connectivity index (χ4n) is 1.57. The van der Waals surface area contributed by atoms with E-state index in [1.807, 2.05) is 24.3 Å². The molecule has 0 unspecified atom stereocenters. The number of carboxylic acids is 1. The molecule has 0 aliphatic carbocycles. The molecule has 0 atom stereocenters. The fourth-order valence-corrected chi connectivity index (χ4v) is 1.57. The number of hydrogen-bond acceptors (Lipinski definition) is 4. The van der Waals surface area contributed by atoms with Crippen molar-refractivity contribution in [3.8, 4) is 5.75 Å². The van der Waals surface area contributed by atoms with Crippen molar-refractivity contribution in [1.82, 2.24) is 5.32 Å². The highest BCUT2D eigenvalue weighted by molar-refractivity contribution is 5.77. The zero-order valence-corrected chi connectivity index (χ0v) is 12.3. The second-order valence-corrected chi connectivity index (χ2v) is 4.81. The summed E-state index contributed by atoms with van der Waals surface area (Å²) >= 11 is 0. The lowest BCUT2D eigenvalue weighted by Gasteiger charge is -2.09. The molecule has 116 valence electrons. The number of carbonyl (C=O) groups is 2. The van der Waals surface area contributed by atoms with E-state index in [4.69, 9.17) is 14.6 Å². The summed E-state index contributed by atoms with van der Waals surface area (Å²) in [4.78, 5) is 21.7. The quantitative estimate of drug-likeness (QED) is 0.673. The maximum absolute atomic E-state index is 11.5. The van der Waals surface area contributed by atoms with Gasteiger partial charge in [-0.25, -0.2) is 4.79 Å². The number of nitrogens with one attached hydrogen (secondary N) is 1. The van der Waals surface area contributed by atoms with E-state index in [0.717, 1.165) is 0 Å². The van der Waals surface area contributed by atoms with E-state index in [0.29, 0.717) is 11.7 Å². The van der Waals surface area contributed by atoms with Gasteiger partial charge in [-0.2, -0.15) is 0 Å². The van der Waals surface area contributed by atoms with Gasteiger partial charge in [-0.1, -0.05) is 26.0 Å². The Hall–Kier alpha value is -2.08. The summed E-state index contributed by atoms with van der Waals surface area (Å²) in [6.45, 7) is 4.17. The number of amides is 1. The zero-order valence-electron chi connectivity index (χ0n) is 12.3. The van der Waals surface area contributed by atoms with Crippen molar-refractivity contribution in [3.63, 3.8) is 0 Å². The highest BCUT2D eigenvalue weighted by Crippen LogP contribution is 2.18. The molecular formula is C15H21NO5. The number of benzene rings is 1. The van der Waals surface area contributed by atoms with Crippen LogP contribution in [0, 0.1) is 0 Å². The summed E-state index contributed by atoms with van der Waals surface area (Å²) in [5.74, 6) is -0.221. The van der Waals surface area contributed by atoms with Gasteiger partial charge in [-0.3, -0.25) is 4.79 Å². The Morgan fingerprint density at radius 2 is 1.86 bits per heavy atom. The number of carboxylic acid groups (broad SMARTS) is 1. The molecule has 1 aromatic carbocycles. The van der Waals surface area contributed by atoms with E-state index in [1.54, 1.807) is 0 Å². The molecule has 0 heterocycles. The minimum atomic E-state index is -1.03. The van der Waals surface area contributed by atoms with Crippen LogP contribution < -0.4 is 10.1 Å². The number of hydrogen-bond donors (Lipinski definition) is 2. The van der Waals surface area contributed by atoms with Crippen LogP contribution in [0.5, 0.6) is 5.75 Å². The van der Waals surface area contributed by atoms with Crippen LogP contribution in [-0.2, 0) is 14.3 Å². The molecule has 0 fully saturated rings. The van der Waals surface area contributed by atoms with Crippen LogP contribution >= 0.6 is 0 Å². The number of carbonyl (C=O) groups excluding carboxylic acids is 1. The van der Waals surface area contributed by atoms with Gasteiger partial charge in [0, 0.05) is 6.54 Å². The van der Waals surface area contributed by atoms with Crippen molar-refractivity contribution in [3.05, 3.63) is 29.8 Å². The third-order valence-electron chi connectivity index (χ3n) is 2.71. The van der Waals surface area contributed by atoms with E-state index in [2.05, 4.69) is 19.2 Å². The van der Waals surface area contributed by atoms with Crippen molar-refractivity contribution < 1.29 is 24.2 Å². The summed E-state index contributed by atoms with van der Waals surface area (Å²) in [5.41, 5.74) is 1.21. The van der Waals surface area contributed by atoms with Gasteiger partial charge in [0.1, 0.15) is 12.4 Å². The van der Waals surface area contributed by atoms with Crippen LogP contribution in [0.15, 0.2) is 24.3 Å². The lowest BCUT2D eigenvalue weighted by molar-refractivity contribution is -0.142. The minimum absolute atomic E-state index is 0.0834. The third-order valence-corrected chi connectivity index (χ3v) is 2.71. The molecule has 0 bridgehead atoms. The van der Waals surface area contributed by atoms with Crippen molar-refractivity contribution >= 4 is 11.9 Å². The van der Waals surface area contributed by atoms with Crippen molar-refractivity contribution in [2.45, 2.75) is 19.8 Å². The lowest BCUT2D eigenvalue weighted by Crippen LogP contribution is -2.32. The summed E-state index contributed by atoms with van der Waals surface area (Å²) in [6.07, 6.45) is 0. The Morgan fingerprint density at radius 1 is 1.19 bits per heavy atom. The second-order valence-electron chi connectivity index (χ2n) is 4.81. The molecule has 0 radical (unpaired) electrons. The Balaban J connectivity index is 2.19. The predicted octanol–water partition coefficient (Wildman–Crippen LogP) is 1.41. The molecule has 0 aliphatic heterocycles. The maximum Gasteiger partial charge on any atom is 0.329 e. The van der Waals surface area contributed by atoms with Gasteiger partial charge in [0.15, 0.2) is 6.61 Å². The Bertz CT molecular complexity index is 456. The monoisotopic (exact) mass is 295 g/mol. The maximum atomic E-state index is 11.5. The highest BCUT2D eigenvalue weighted by Gasteiger charge is 2.04. The first kappa shape index (κ1) is 17.0. The highest BCUT2D eigenvalue weighted by atomic mass is 16.5. The predicted molar refractivity (Wildman–Crippen MR) is 77.5 cm³/mol. The van der Waals surface area contributed by atoms with E-state index in [9.17, 15) is 9.59 Å². The molecule has 21 heavy (non-hydrogen) atoms. The molecule has 0 aromatic heterocycles. The standard InChI is InChI=1S/C15H21NO5/c1-11(2)12-3-5-13(6-4-12)21-9-14(17)16-7-8-20-10-15(18)19/h3-6,11H,7-10H2,1-2H3,(H,16,17)(H,18,19). The molecule has 6 nitrogen and oxygen atoms in total.